The molecule has 1 heterocycles. The molecule has 3 nitrogen and oxygen atoms in total. The molecule has 0 aliphatic heterocycles. The largest absolute Gasteiger partial charge is 0.466 e. The van der Waals surface area contributed by atoms with Crippen molar-refractivity contribution in [1.29, 1.82) is 0 Å². The van der Waals surface area contributed by atoms with Crippen molar-refractivity contribution in [2.45, 2.75) is 13.3 Å². The lowest BCUT2D eigenvalue weighted by atomic mass is 10.2. The molecule has 0 bridgehead atoms. The van der Waals surface area contributed by atoms with Gasteiger partial charge in [-0.25, -0.2) is 0 Å². The monoisotopic (exact) mass is 329 g/mol. The van der Waals surface area contributed by atoms with Crippen LogP contribution in [-0.2, 0) is 16.0 Å². The van der Waals surface area contributed by atoms with Crippen molar-refractivity contribution in [2.75, 3.05) is 11.9 Å². The maximum atomic E-state index is 11.6. The maximum Gasteiger partial charge on any atom is 0.311 e. The molecule has 1 N–H and O–H groups in total. The summed E-state index contributed by atoms with van der Waals surface area (Å²) >= 11 is 13.7. The second-order valence-electron chi connectivity index (χ2n) is 3.96. The standard InChI is InChI=1S/C14H13Cl2NO2S/c1-2-19-13(18)8-12-11(6-7-20-12)17-14-9(15)4-3-5-10(14)16/h3-7,17H,2,8H2,1H3. The minimum Gasteiger partial charge on any atom is -0.466 e. The van der Waals surface area contributed by atoms with E-state index in [1.54, 1.807) is 25.1 Å². The van der Waals surface area contributed by atoms with Gasteiger partial charge in [0, 0.05) is 4.88 Å². The Morgan fingerprint density at radius 1 is 1.30 bits per heavy atom. The Bertz CT molecular complexity index is 593. The number of hydrogen-bond donors (Lipinski definition) is 1. The molecule has 2 rings (SSSR count). The van der Waals surface area contributed by atoms with E-state index >= 15 is 0 Å². The Morgan fingerprint density at radius 3 is 2.65 bits per heavy atom. The Labute approximate surface area is 131 Å². The van der Waals surface area contributed by atoms with Crippen LogP contribution in [-0.4, -0.2) is 12.6 Å². The van der Waals surface area contributed by atoms with Gasteiger partial charge in [-0.15, -0.1) is 11.3 Å². The van der Waals surface area contributed by atoms with Gasteiger partial charge in [-0.05, 0) is 30.5 Å². The van der Waals surface area contributed by atoms with Gasteiger partial charge in [0.2, 0.25) is 0 Å². The smallest absolute Gasteiger partial charge is 0.311 e. The Hall–Kier alpha value is -1.23. The van der Waals surface area contributed by atoms with E-state index in [0.717, 1.165) is 10.6 Å². The van der Waals surface area contributed by atoms with Crippen LogP contribution in [0.1, 0.15) is 11.8 Å². The number of rotatable bonds is 5. The molecule has 0 spiro atoms. The normalized spacial score (nSPS) is 10.3. The van der Waals surface area contributed by atoms with Crippen molar-refractivity contribution < 1.29 is 9.53 Å². The number of halogens is 2. The molecule has 0 fully saturated rings. The van der Waals surface area contributed by atoms with Crippen LogP contribution in [0.15, 0.2) is 29.6 Å². The van der Waals surface area contributed by atoms with Crippen molar-refractivity contribution in [2.24, 2.45) is 0 Å². The summed E-state index contributed by atoms with van der Waals surface area (Å²) in [5, 5.41) is 6.15. The van der Waals surface area contributed by atoms with Gasteiger partial charge in [0.15, 0.2) is 0 Å². The van der Waals surface area contributed by atoms with Gasteiger partial charge in [0.05, 0.1) is 34.4 Å². The van der Waals surface area contributed by atoms with E-state index in [1.807, 2.05) is 11.4 Å². The lowest BCUT2D eigenvalue weighted by molar-refractivity contribution is -0.142. The summed E-state index contributed by atoms with van der Waals surface area (Å²) in [5.74, 6) is -0.247. The number of carbonyl (C=O) groups excluding carboxylic acids is 1. The highest BCUT2D eigenvalue weighted by Gasteiger charge is 2.13. The Morgan fingerprint density at radius 2 is 2.00 bits per heavy atom. The number of para-hydroxylation sites is 1. The number of esters is 1. The van der Waals surface area contributed by atoms with Crippen molar-refractivity contribution in [3.63, 3.8) is 0 Å². The van der Waals surface area contributed by atoms with Crippen LogP contribution in [0.2, 0.25) is 10.0 Å². The summed E-state index contributed by atoms with van der Waals surface area (Å²) in [6.45, 7) is 2.16. The first-order chi connectivity index (χ1) is 9.61. The van der Waals surface area contributed by atoms with Crippen LogP contribution in [0.3, 0.4) is 0 Å². The van der Waals surface area contributed by atoms with Crippen LogP contribution in [0.25, 0.3) is 0 Å². The van der Waals surface area contributed by atoms with E-state index in [-0.39, 0.29) is 12.4 Å². The van der Waals surface area contributed by atoms with Crippen LogP contribution < -0.4 is 5.32 Å². The average Bonchev–Trinajstić information content (AvgIpc) is 2.81. The van der Waals surface area contributed by atoms with Gasteiger partial charge < -0.3 is 10.1 Å². The number of benzene rings is 1. The quantitative estimate of drug-likeness (QED) is 0.792. The lowest BCUT2D eigenvalue weighted by Gasteiger charge is -2.10. The van der Waals surface area contributed by atoms with Crippen molar-refractivity contribution in [3.05, 3.63) is 44.6 Å². The van der Waals surface area contributed by atoms with Crippen molar-refractivity contribution in [1.82, 2.24) is 0 Å². The minimum atomic E-state index is -0.247. The molecule has 0 radical (unpaired) electrons. The lowest BCUT2D eigenvalue weighted by Crippen LogP contribution is -2.07. The summed E-state index contributed by atoms with van der Waals surface area (Å²) < 4.78 is 4.96. The first kappa shape index (κ1) is 15.2. The number of hydrogen-bond acceptors (Lipinski definition) is 4. The SMILES string of the molecule is CCOC(=O)Cc1sccc1Nc1c(Cl)cccc1Cl. The third kappa shape index (κ3) is 3.66. The van der Waals surface area contributed by atoms with E-state index in [1.165, 1.54) is 11.3 Å². The predicted molar refractivity (Wildman–Crippen MR) is 84.4 cm³/mol. The second-order valence-corrected chi connectivity index (χ2v) is 5.78. The highest BCUT2D eigenvalue weighted by atomic mass is 35.5. The molecule has 0 amide bonds. The van der Waals surface area contributed by atoms with Gasteiger partial charge in [-0.3, -0.25) is 4.79 Å². The molecule has 1 aromatic heterocycles. The van der Waals surface area contributed by atoms with Gasteiger partial charge in [0.1, 0.15) is 0 Å². The van der Waals surface area contributed by atoms with Gasteiger partial charge in [-0.2, -0.15) is 0 Å². The summed E-state index contributed by atoms with van der Waals surface area (Å²) in [7, 11) is 0. The summed E-state index contributed by atoms with van der Waals surface area (Å²) in [5.41, 5.74) is 1.46. The fourth-order valence-electron chi connectivity index (χ4n) is 1.68. The predicted octanol–water partition coefficient (Wildman–Crippen LogP) is 4.90. The zero-order chi connectivity index (χ0) is 14.5. The molecule has 6 heteroatoms. The molecular weight excluding hydrogens is 317 g/mol. The molecule has 106 valence electrons. The molecular formula is C14H13Cl2NO2S. The first-order valence-electron chi connectivity index (χ1n) is 6.04. The minimum absolute atomic E-state index is 0.232. The zero-order valence-corrected chi connectivity index (χ0v) is 13.1. The van der Waals surface area contributed by atoms with Gasteiger partial charge in [0.25, 0.3) is 0 Å². The second kappa shape index (κ2) is 6.97. The van der Waals surface area contributed by atoms with Crippen molar-refractivity contribution in [3.8, 4) is 0 Å². The summed E-state index contributed by atoms with van der Waals surface area (Å²) in [6.07, 6.45) is 0.232. The number of ether oxygens (including phenoxy) is 1. The number of anilines is 2. The molecule has 0 aliphatic carbocycles. The number of nitrogens with one attached hydrogen (secondary N) is 1. The van der Waals surface area contributed by atoms with Gasteiger partial charge >= 0.3 is 5.97 Å². The fraction of sp³-hybridized carbons (Fsp3) is 0.214. The molecule has 0 aliphatic rings. The Balaban J connectivity index is 2.19. The molecule has 2 aromatic rings. The Kier molecular flexibility index (Phi) is 5.29. The van der Waals surface area contributed by atoms with Gasteiger partial charge in [-0.1, -0.05) is 29.3 Å². The van der Waals surface area contributed by atoms with E-state index in [2.05, 4.69) is 5.32 Å². The van der Waals surface area contributed by atoms with Crippen LogP contribution in [0, 0.1) is 0 Å². The summed E-state index contributed by atoms with van der Waals surface area (Å²) in [4.78, 5) is 12.4. The fourth-order valence-corrected chi connectivity index (χ4v) is 2.99. The summed E-state index contributed by atoms with van der Waals surface area (Å²) in [6, 6.07) is 7.18. The van der Waals surface area contributed by atoms with Crippen molar-refractivity contribution >= 4 is 51.9 Å². The molecule has 0 saturated carbocycles. The van der Waals surface area contributed by atoms with Crippen LogP contribution in [0.4, 0.5) is 11.4 Å². The van der Waals surface area contributed by atoms with Crippen LogP contribution in [0.5, 0.6) is 0 Å². The molecule has 0 saturated heterocycles. The van der Waals surface area contributed by atoms with E-state index in [9.17, 15) is 4.79 Å². The van der Waals surface area contributed by atoms with E-state index in [0.29, 0.717) is 22.3 Å². The third-order valence-corrected chi connectivity index (χ3v) is 4.13. The van der Waals surface area contributed by atoms with E-state index in [4.69, 9.17) is 27.9 Å². The van der Waals surface area contributed by atoms with Crippen LogP contribution >= 0.6 is 34.5 Å². The highest BCUT2D eigenvalue weighted by molar-refractivity contribution is 7.10. The molecule has 0 unspecified atom stereocenters. The molecule has 0 atom stereocenters. The maximum absolute atomic E-state index is 11.6. The number of thiophene rings is 1. The topological polar surface area (TPSA) is 38.3 Å². The molecule has 20 heavy (non-hydrogen) atoms. The molecule has 1 aromatic carbocycles. The average molecular weight is 330 g/mol. The zero-order valence-electron chi connectivity index (χ0n) is 10.8. The highest BCUT2D eigenvalue weighted by Crippen LogP contribution is 2.35. The van der Waals surface area contributed by atoms with E-state index < -0.39 is 0 Å². The third-order valence-electron chi connectivity index (χ3n) is 2.58. The first-order valence-corrected chi connectivity index (χ1v) is 7.68. The number of carbonyl (C=O) groups is 1.